The minimum atomic E-state index is 0.115. The van der Waals surface area contributed by atoms with Crippen molar-refractivity contribution in [3.63, 3.8) is 0 Å². The van der Waals surface area contributed by atoms with Crippen LogP contribution in [0, 0.1) is 0 Å². The summed E-state index contributed by atoms with van der Waals surface area (Å²) in [5, 5.41) is 8.66. The maximum Gasteiger partial charge on any atom is 0.160 e. The first kappa shape index (κ1) is 10.9. The van der Waals surface area contributed by atoms with Crippen LogP contribution in [0.5, 0.6) is 0 Å². The van der Waals surface area contributed by atoms with Crippen LogP contribution >= 0.6 is 0 Å². The number of hydrogen-bond donors (Lipinski definition) is 1. The fourth-order valence-electron chi connectivity index (χ4n) is 1.51. The van der Waals surface area contributed by atoms with Crippen molar-refractivity contribution in [3.05, 3.63) is 35.4 Å². The number of carbonyl (C=O) groups is 1. The van der Waals surface area contributed by atoms with Crippen LogP contribution in [0.3, 0.4) is 0 Å². The van der Waals surface area contributed by atoms with Gasteiger partial charge in [-0.3, -0.25) is 4.79 Å². The summed E-state index contributed by atoms with van der Waals surface area (Å²) >= 11 is 0. The van der Waals surface area contributed by atoms with Gasteiger partial charge in [0.05, 0.1) is 0 Å². The van der Waals surface area contributed by atoms with E-state index in [-0.39, 0.29) is 12.4 Å². The topological polar surface area (TPSA) is 37.3 Å². The van der Waals surface area contributed by atoms with Crippen LogP contribution in [-0.2, 0) is 6.42 Å². The molecule has 0 aliphatic heterocycles. The molecule has 2 heteroatoms. The number of aryl methyl sites for hydroxylation is 1. The van der Waals surface area contributed by atoms with Crippen molar-refractivity contribution in [2.75, 3.05) is 6.61 Å². The number of Topliss-reactive ketones (excluding diaryl/α,β-unsaturated/α-hetero) is 1. The van der Waals surface area contributed by atoms with E-state index in [9.17, 15) is 4.79 Å². The van der Waals surface area contributed by atoms with Gasteiger partial charge < -0.3 is 5.11 Å². The van der Waals surface area contributed by atoms with Crippen molar-refractivity contribution < 1.29 is 9.90 Å². The lowest BCUT2D eigenvalue weighted by atomic mass is 10.00. The van der Waals surface area contributed by atoms with Gasteiger partial charge in [-0.05, 0) is 31.7 Å². The Kier molecular flexibility index (Phi) is 4.33. The van der Waals surface area contributed by atoms with Gasteiger partial charge in [0, 0.05) is 12.2 Å². The molecular formula is C12H16O2. The number of carbonyl (C=O) groups excluding carboxylic acids is 1. The highest BCUT2D eigenvalue weighted by Crippen LogP contribution is 2.12. The third-order valence-electron chi connectivity index (χ3n) is 2.25. The molecule has 0 aromatic heterocycles. The van der Waals surface area contributed by atoms with Crippen LogP contribution in [0.15, 0.2) is 24.3 Å². The second-order valence-corrected chi connectivity index (χ2v) is 3.39. The van der Waals surface area contributed by atoms with Crippen molar-refractivity contribution in [2.24, 2.45) is 0 Å². The molecule has 0 bridgehead atoms. The number of hydrogen-bond acceptors (Lipinski definition) is 2. The predicted octanol–water partition coefficient (Wildman–Crippen LogP) is 2.20. The van der Waals surface area contributed by atoms with Gasteiger partial charge in [0.1, 0.15) is 0 Å². The average Bonchev–Trinajstić information content (AvgIpc) is 2.19. The molecule has 0 unspecified atom stereocenters. The summed E-state index contributed by atoms with van der Waals surface area (Å²) in [6.07, 6.45) is 2.60. The van der Waals surface area contributed by atoms with Gasteiger partial charge >= 0.3 is 0 Å². The Balaban J connectivity index is 2.69. The maximum atomic E-state index is 11.2. The lowest BCUT2D eigenvalue weighted by molar-refractivity contribution is 0.101. The number of aliphatic hydroxyl groups excluding tert-OH is 1. The van der Waals surface area contributed by atoms with E-state index in [2.05, 4.69) is 0 Å². The molecule has 0 amide bonds. The Bertz CT molecular complexity index is 305. The number of unbranched alkanes of at least 4 members (excludes halogenated alkanes) is 1. The molecule has 1 rings (SSSR count). The molecule has 0 aliphatic carbocycles. The van der Waals surface area contributed by atoms with E-state index >= 15 is 0 Å². The first-order chi connectivity index (χ1) is 6.75. The SMILES string of the molecule is CC(=O)c1ccccc1CCCCO. The quantitative estimate of drug-likeness (QED) is 0.573. The Morgan fingerprint density at radius 2 is 2.00 bits per heavy atom. The molecule has 0 saturated carbocycles. The lowest BCUT2D eigenvalue weighted by Crippen LogP contribution is -1.99. The first-order valence-corrected chi connectivity index (χ1v) is 4.95. The number of ketones is 1. The molecule has 76 valence electrons. The van der Waals surface area contributed by atoms with Crippen molar-refractivity contribution in [2.45, 2.75) is 26.2 Å². The smallest absolute Gasteiger partial charge is 0.160 e. The maximum absolute atomic E-state index is 11.2. The van der Waals surface area contributed by atoms with Crippen LogP contribution in [0.4, 0.5) is 0 Å². The molecule has 2 nitrogen and oxygen atoms in total. The molecule has 1 N–H and O–H groups in total. The van der Waals surface area contributed by atoms with E-state index < -0.39 is 0 Å². The summed E-state index contributed by atoms with van der Waals surface area (Å²) in [6.45, 7) is 1.81. The summed E-state index contributed by atoms with van der Waals surface area (Å²) in [5.74, 6) is 0.115. The molecule has 0 radical (unpaired) electrons. The van der Waals surface area contributed by atoms with Crippen LogP contribution in [0.2, 0.25) is 0 Å². The van der Waals surface area contributed by atoms with Gasteiger partial charge in [-0.2, -0.15) is 0 Å². The van der Waals surface area contributed by atoms with Gasteiger partial charge in [0.2, 0.25) is 0 Å². The molecule has 0 spiro atoms. The number of rotatable bonds is 5. The molecular weight excluding hydrogens is 176 g/mol. The standard InChI is InChI=1S/C12H16O2/c1-10(14)12-8-3-2-6-11(12)7-4-5-9-13/h2-3,6,8,13H,4-5,7,9H2,1H3. The molecule has 1 aromatic rings. The highest BCUT2D eigenvalue weighted by molar-refractivity contribution is 5.95. The molecule has 0 atom stereocenters. The minimum absolute atomic E-state index is 0.115. The first-order valence-electron chi connectivity index (χ1n) is 4.95. The van der Waals surface area contributed by atoms with E-state index in [4.69, 9.17) is 5.11 Å². The van der Waals surface area contributed by atoms with Gasteiger partial charge in [-0.1, -0.05) is 24.3 Å². The highest BCUT2D eigenvalue weighted by atomic mass is 16.2. The summed E-state index contributed by atoms with van der Waals surface area (Å²) in [4.78, 5) is 11.2. The van der Waals surface area contributed by atoms with Crippen molar-refractivity contribution in [1.82, 2.24) is 0 Å². The molecule has 0 aliphatic rings. The molecule has 1 aromatic carbocycles. The number of aliphatic hydroxyl groups is 1. The second-order valence-electron chi connectivity index (χ2n) is 3.39. The third kappa shape index (κ3) is 2.96. The normalized spacial score (nSPS) is 10.1. The van der Waals surface area contributed by atoms with Crippen molar-refractivity contribution in [1.29, 1.82) is 0 Å². The van der Waals surface area contributed by atoms with Crippen LogP contribution in [0.25, 0.3) is 0 Å². The van der Waals surface area contributed by atoms with Gasteiger partial charge in [0.25, 0.3) is 0 Å². The highest BCUT2D eigenvalue weighted by Gasteiger charge is 2.04. The minimum Gasteiger partial charge on any atom is -0.396 e. The number of benzene rings is 1. The Morgan fingerprint density at radius 3 is 2.64 bits per heavy atom. The van der Waals surface area contributed by atoms with E-state index in [0.717, 1.165) is 30.4 Å². The van der Waals surface area contributed by atoms with Gasteiger partial charge in [-0.25, -0.2) is 0 Å². The lowest BCUT2D eigenvalue weighted by Gasteiger charge is -2.05. The van der Waals surface area contributed by atoms with Gasteiger partial charge in [-0.15, -0.1) is 0 Å². The molecule has 0 fully saturated rings. The Labute approximate surface area is 84.6 Å². The monoisotopic (exact) mass is 192 g/mol. The largest absolute Gasteiger partial charge is 0.396 e. The van der Waals surface area contributed by atoms with Crippen molar-refractivity contribution >= 4 is 5.78 Å². The average molecular weight is 192 g/mol. The van der Waals surface area contributed by atoms with E-state index in [1.54, 1.807) is 6.92 Å². The zero-order chi connectivity index (χ0) is 10.4. The van der Waals surface area contributed by atoms with E-state index in [0.29, 0.717) is 0 Å². The molecule has 0 saturated heterocycles. The van der Waals surface area contributed by atoms with Crippen LogP contribution in [-0.4, -0.2) is 17.5 Å². The Hall–Kier alpha value is -1.15. The predicted molar refractivity (Wildman–Crippen MR) is 56.5 cm³/mol. The summed E-state index contributed by atoms with van der Waals surface area (Å²) in [5.41, 5.74) is 1.90. The van der Waals surface area contributed by atoms with Crippen LogP contribution < -0.4 is 0 Å². The zero-order valence-electron chi connectivity index (χ0n) is 8.49. The van der Waals surface area contributed by atoms with E-state index in [1.165, 1.54) is 0 Å². The second kappa shape index (κ2) is 5.55. The third-order valence-corrected chi connectivity index (χ3v) is 2.25. The summed E-state index contributed by atoms with van der Waals surface area (Å²) in [6, 6.07) is 7.66. The fourth-order valence-corrected chi connectivity index (χ4v) is 1.51. The van der Waals surface area contributed by atoms with Gasteiger partial charge in [0.15, 0.2) is 5.78 Å². The molecule has 14 heavy (non-hydrogen) atoms. The zero-order valence-corrected chi connectivity index (χ0v) is 8.49. The van der Waals surface area contributed by atoms with E-state index in [1.807, 2.05) is 24.3 Å². The fraction of sp³-hybridized carbons (Fsp3) is 0.417. The van der Waals surface area contributed by atoms with Crippen LogP contribution in [0.1, 0.15) is 35.7 Å². The Morgan fingerprint density at radius 1 is 1.29 bits per heavy atom. The summed E-state index contributed by atoms with van der Waals surface area (Å²) < 4.78 is 0. The molecule has 0 heterocycles. The van der Waals surface area contributed by atoms with Crippen molar-refractivity contribution in [3.8, 4) is 0 Å². The summed E-state index contributed by atoms with van der Waals surface area (Å²) in [7, 11) is 0.